The van der Waals surface area contributed by atoms with Crippen LogP contribution in [0.1, 0.15) is 12.0 Å². The molecule has 1 aromatic rings. The minimum Gasteiger partial charge on any atom is -0.480 e. The van der Waals surface area contributed by atoms with Crippen LogP contribution in [0.4, 0.5) is 0 Å². The van der Waals surface area contributed by atoms with E-state index in [1.807, 2.05) is 19.0 Å². The smallest absolute Gasteiger partial charge is 0.328 e. The van der Waals surface area contributed by atoms with Gasteiger partial charge >= 0.3 is 5.97 Å². The molecule has 21 heavy (non-hydrogen) atoms. The molecule has 1 aliphatic heterocycles. The normalized spacial score (nSPS) is 23.8. The molecule has 0 bridgehead atoms. The average Bonchev–Trinajstić information content (AvgIpc) is 2.41. The summed E-state index contributed by atoms with van der Waals surface area (Å²) in [5.74, 6) is -1.20. The maximum Gasteiger partial charge on any atom is 0.328 e. The minimum absolute atomic E-state index is 0.0368. The summed E-state index contributed by atoms with van der Waals surface area (Å²) in [5, 5.41) is 12.8. The Labute approximate surface area is 124 Å². The Morgan fingerprint density at radius 3 is 2.67 bits per heavy atom. The number of nitrogens with zero attached hydrogens (tertiary/aromatic N) is 1. The molecule has 1 aliphatic rings. The number of hydrogen-bond acceptors (Lipinski definition) is 5. The van der Waals surface area contributed by atoms with Gasteiger partial charge in [-0.2, -0.15) is 0 Å². The Hall–Kier alpha value is -1.44. The van der Waals surface area contributed by atoms with E-state index in [1.165, 1.54) is 6.07 Å². The van der Waals surface area contributed by atoms with E-state index in [2.05, 4.69) is 5.32 Å². The Balaban J connectivity index is 2.45. The van der Waals surface area contributed by atoms with Crippen molar-refractivity contribution < 1.29 is 18.3 Å². The third kappa shape index (κ3) is 2.95. The van der Waals surface area contributed by atoms with Gasteiger partial charge in [0.2, 0.25) is 0 Å². The Morgan fingerprint density at radius 1 is 1.38 bits per heavy atom. The fourth-order valence-electron chi connectivity index (χ4n) is 2.60. The highest BCUT2D eigenvalue weighted by Gasteiger charge is 2.47. The number of benzene rings is 1. The molecule has 7 heteroatoms. The molecule has 0 spiro atoms. The average molecular weight is 312 g/mol. The van der Waals surface area contributed by atoms with Gasteiger partial charge in [0.05, 0.1) is 10.6 Å². The molecule has 2 rings (SSSR count). The topological polar surface area (TPSA) is 86.7 Å². The Kier molecular flexibility index (Phi) is 4.36. The second-order valence-electron chi connectivity index (χ2n) is 5.51. The van der Waals surface area contributed by atoms with Gasteiger partial charge in [0, 0.05) is 18.7 Å². The highest BCUT2D eigenvalue weighted by Crippen LogP contribution is 2.37. The number of likely N-dealkylation sites (N-methyl/N-ethyl adjacent to an activating group) is 1. The zero-order chi connectivity index (χ0) is 15.7. The standard InChI is InChI=1S/C14H20N2O4S/c1-16(2)9-8-15-14(13(17)18)7-10-21(19,20)12-6-4-3-5-11(12)14/h3-6,15H,7-10H2,1-2H3,(H,17,18). The third-order valence-electron chi connectivity index (χ3n) is 3.78. The first-order valence-corrected chi connectivity index (χ1v) is 8.40. The van der Waals surface area contributed by atoms with E-state index in [9.17, 15) is 18.3 Å². The van der Waals surface area contributed by atoms with Crippen molar-refractivity contribution >= 4 is 15.8 Å². The summed E-state index contributed by atoms with van der Waals surface area (Å²) in [4.78, 5) is 13.9. The lowest BCUT2D eigenvalue weighted by Crippen LogP contribution is -2.54. The maximum absolute atomic E-state index is 12.1. The van der Waals surface area contributed by atoms with Crippen LogP contribution in [0, 0.1) is 0 Å². The number of carboxylic acids is 1. The fourth-order valence-corrected chi connectivity index (χ4v) is 4.25. The van der Waals surface area contributed by atoms with Gasteiger partial charge in [0.25, 0.3) is 0 Å². The first kappa shape index (κ1) is 15.9. The van der Waals surface area contributed by atoms with E-state index in [4.69, 9.17) is 0 Å². The van der Waals surface area contributed by atoms with Crippen LogP contribution in [-0.2, 0) is 20.2 Å². The number of sulfone groups is 1. The predicted molar refractivity (Wildman–Crippen MR) is 79.0 cm³/mol. The number of hydrogen-bond donors (Lipinski definition) is 2. The highest BCUT2D eigenvalue weighted by molar-refractivity contribution is 7.91. The quantitative estimate of drug-likeness (QED) is 0.813. The summed E-state index contributed by atoms with van der Waals surface area (Å²) in [6.45, 7) is 1.14. The maximum atomic E-state index is 12.1. The first-order chi connectivity index (χ1) is 9.79. The van der Waals surface area contributed by atoms with Crippen LogP contribution < -0.4 is 5.32 Å². The lowest BCUT2D eigenvalue weighted by Gasteiger charge is -2.36. The van der Waals surface area contributed by atoms with Gasteiger partial charge in [0.15, 0.2) is 9.84 Å². The van der Waals surface area contributed by atoms with Gasteiger partial charge in [-0.3, -0.25) is 5.32 Å². The Morgan fingerprint density at radius 2 is 2.05 bits per heavy atom. The number of rotatable bonds is 5. The van der Waals surface area contributed by atoms with Crippen LogP contribution in [0.25, 0.3) is 0 Å². The Bertz CT molecular complexity index is 642. The molecule has 2 N–H and O–H groups in total. The zero-order valence-electron chi connectivity index (χ0n) is 12.2. The third-order valence-corrected chi connectivity index (χ3v) is 5.55. The van der Waals surface area contributed by atoms with Crippen LogP contribution in [-0.4, -0.2) is 57.3 Å². The molecule has 0 saturated carbocycles. The number of nitrogens with one attached hydrogen (secondary N) is 1. The van der Waals surface area contributed by atoms with Crippen molar-refractivity contribution in [3.05, 3.63) is 29.8 Å². The van der Waals surface area contributed by atoms with Crippen LogP contribution in [0.3, 0.4) is 0 Å². The van der Waals surface area contributed by atoms with E-state index < -0.39 is 21.3 Å². The molecule has 0 radical (unpaired) electrons. The van der Waals surface area contributed by atoms with Crippen molar-refractivity contribution in [1.29, 1.82) is 0 Å². The summed E-state index contributed by atoms with van der Waals surface area (Å²) in [6.07, 6.45) is 0.0368. The fraction of sp³-hybridized carbons (Fsp3) is 0.500. The minimum atomic E-state index is -3.40. The van der Waals surface area contributed by atoms with E-state index in [1.54, 1.807) is 18.2 Å². The van der Waals surface area contributed by atoms with Crippen LogP contribution in [0.2, 0.25) is 0 Å². The number of fused-ring (bicyclic) bond motifs is 1. The molecule has 6 nitrogen and oxygen atoms in total. The van der Waals surface area contributed by atoms with Crippen molar-refractivity contribution in [3.63, 3.8) is 0 Å². The van der Waals surface area contributed by atoms with Crippen molar-refractivity contribution in [2.24, 2.45) is 0 Å². The predicted octanol–water partition coefficient (Wildman–Crippen LogP) is 0.295. The molecular weight excluding hydrogens is 292 g/mol. The summed E-state index contributed by atoms with van der Waals surface area (Å²) in [6, 6.07) is 6.36. The summed E-state index contributed by atoms with van der Waals surface area (Å²) < 4.78 is 24.3. The number of carboxylic acid groups (broad SMARTS) is 1. The van der Waals surface area contributed by atoms with Crippen LogP contribution >= 0.6 is 0 Å². The second kappa shape index (κ2) is 5.75. The molecule has 1 aromatic carbocycles. The number of carbonyl (C=O) groups is 1. The molecular formula is C14H20N2O4S. The van der Waals surface area contributed by atoms with Crippen molar-refractivity contribution in [2.75, 3.05) is 32.9 Å². The van der Waals surface area contributed by atoms with Gasteiger partial charge in [-0.05, 0) is 26.6 Å². The van der Waals surface area contributed by atoms with Crippen molar-refractivity contribution in [2.45, 2.75) is 16.9 Å². The van der Waals surface area contributed by atoms with E-state index >= 15 is 0 Å². The summed E-state index contributed by atoms with van der Waals surface area (Å²) in [5.41, 5.74) is -1.000. The summed E-state index contributed by atoms with van der Waals surface area (Å²) >= 11 is 0. The first-order valence-electron chi connectivity index (χ1n) is 6.75. The lowest BCUT2D eigenvalue weighted by atomic mass is 9.86. The lowest BCUT2D eigenvalue weighted by molar-refractivity contribution is -0.145. The van der Waals surface area contributed by atoms with Gasteiger partial charge in [-0.1, -0.05) is 18.2 Å². The second-order valence-corrected chi connectivity index (χ2v) is 7.58. The molecule has 1 atom stereocenters. The summed E-state index contributed by atoms with van der Waals surface area (Å²) in [7, 11) is 0.393. The van der Waals surface area contributed by atoms with Crippen LogP contribution in [0.15, 0.2) is 29.2 Å². The van der Waals surface area contributed by atoms with Gasteiger partial charge in [-0.25, -0.2) is 13.2 Å². The van der Waals surface area contributed by atoms with Crippen molar-refractivity contribution in [1.82, 2.24) is 10.2 Å². The number of aliphatic carboxylic acids is 1. The molecule has 0 aliphatic carbocycles. The van der Waals surface area contributed by atoms with E-state index in [0.717, 1.165) is 0 Å². The molecule has 1 unspecified atom stereocenters. The van der Waals surface area contributed by atoms with Gasteiger partial charge in [-0.15, -0.1) is 0 Å². The molecule has 0 amide bonds. The van der Waals surface area contributed by atoms with Gasteiger partial charge < -0.3 is 10.0 Å². The highest BCUT2D eigenvalue weighted by atomic mass is 32.2. The van der Waals surface area contributed by atoms with Crippen LogP contribution in [0.5, 0.6) is 0 Å². The van der Waals surface area contributed by atoms with Gasteiger partial charge in [0.1, 0.15) is 5.54 Å². The van der Waals surface area contributed by atoms with Crippen molar-refractivity contribution in [3.8, 4) is 0 Å². The monoisotopic (exact) mass is 312 g/mol. The molecule has 0 saturated heterocycles. The zero-order valence-corrected chi connectivity index (χ0v) is 13.0. The largest absolute Gasteiger partial charge is 0.480 e. The molecule has 1 heterocycles. The van der Waals surface area contributed by atoms with E-state index in [0.29, 0.717) is 18.7 Å². The molecule has 0 fully saturated rings. The SMILES string of the molecule is CN(C)CCNC1(C(=O)O)CCS(=O)(=O)c2ccccc21. The molecule has 116 valence electrons. The van der Waals surface area contributed by atoms with E-state index in [-0.39, 0.29) is 17.1 Å². The molecule has 0 aromatic heterocycles.